The van der Waals surface area contributed by atoms with E-state index in [1.165, 1.54) is 37.3 Å². The topological polar surface area (TPSA) is 114 Å². The monoisotopic (exact) mass is 597 g/mol. The van der Waals surface area contributed by atoms with Crippen LogP contribution in [-0.2, 0) is 26.2 Å². The minimum atomic E-state index is -4.26. The van der Waals surface area contributed by atoms with Crippen LogP contribution in [0.5, 0.6) is 17.2 Å². The largest absolute Gasteiger partial charge is 0.497 e. The number of ether oxygens (including phenoxy) is 3. The molecule has 0 saturated heterocycles. The lowest BCUT2D eigenvalue weighted by atomic mass is 10.1. The number of amides is 2. The Bertz CT molecular complexity index is 1450. The summed E-state index contributed by atoms with van der Waals surface area (Å²) in [5, 5.41) is 2.87. The molecule has 1 N–H and O–H groups in total. The summed E-state index contributed by atoms with van der Waals surface area (Å²) in [6, 6.07) is 18.7. The van der Waals surface area contributed by atoms with Gasteiger partial charge in [-0.1, -0.05) is 44.2 Å². The highest BCUT2D eigenvalue weighted by Crippen LogP contribution is 2.36. The van der Waals surface area contributed by atoms with Gasteiger partial charge in [-0.2, -0.15) is 0 Å². The van der Waals surface area contributed by atoms with Crippen LogP contribution >= 0.6 is 0 Å². The molecule has 2 amide bonds. The number of nitrogens with one attached hydrogen (secondary N) is 1. The van der Waals surface area contributed by atoms with Gasteiger partial charge in [0.15, 0.2) is 0 Å². The lowest BCUT2D eigenvalue weighted by Crippen LogP contribution is -2.51. The lowest BCUT2D eigenvalue weighted by molar-refractivity contribution is -0.139. The first-order valence-corrected chi connectivity index (χ1v) is 15.0. The summed E-state index contributed by atoms with van der Waals surface area (Å²) in [7, 11) is 0.173. The molecule has 42 heavy (non-hydrogen) atoms. The van der Waals surface area contributed by atoms with E-state index in [1.807, 2.05) is 13.8 Å². The quantitative estimate of drug-likeness (QED) is 0.298. The predicted molar refractivity (Wildman–Crippen MR) is 161 cm³/mol. The minimum Gasteiger partial charge on any atom is -0.497 e. The van der Waals surface area contributed by atoms with Gasteiger partial charge in [0, 0.05) is 19.2 Å². The SMILES string of the molecule is COc1ccc(CN(C(=O)CN(c2cc(OC)ccc2OC)S(=O)(=O)c2ccccc2)[C@H](C)C(=O)NCC(C)C)cc1. The molecular formula is C31H39N3O7S. The molecule has 0 heterocycles. The van der Waals surface area contributed by atoms with Crippen molar-refractivity contribution in [2.45, 2.75) is 38.3 Å². The van der Waals surface area contributed by atoms with Crippen LogP contribution in [-0.4, -0.2) is 65.6 Å². The molecule has 0 aliphatic heterocycles. The van der Waals surface area contributed by atoms with Gasteiger partial charge in [-0.25, -0.2) is 8.42 Å². The van der Waals surface area contributed by atoms with Crippen molar-refractivity contribution in [3.05, 3.63) is 78.4 Å². The summed E-state index contributed by atoms with van der Waals surface area (Å²) in [5.41, 5.74) is 0.861. The molecule has 0 aliphatic carbocycles. The number of hydrogen-bond donors (Lipinski definition) is 1. The molecule has 0 fully saturated rings. The summed E-state index contributed by atoms with van der Waals surface area (Å²) in [6.45, 7) is 5.47. The van der Waals surface area contributed by atoms with Gasteiger partial charge in [-0.05, 0) is 54.8 Å². The molecule has 3 aromatic rings. The molecule has 0 saturated carbocycles. The number of rotatable bonds is 14. The van der Waals surface area contributed by atoms with Gasteiger partial charge in [0.05, 0.1) is 31.9 Å². The summed E-state index contributed by atoms with van der Waals surface area (Å²) in [4.78, 5) is 28.6. The maximum absolute atomic E-state index is 14.1. The molecule has 226 valence electrons. The van der Waals surface area contributed by atoms with Gasteiger partial charge in [-0.3, -0.25) is 13.9 Å². The Hall–Kier alpha value is -4.25. The number of carbonyl (C=O) groups is 2. The molecule has 0 aromatic heterocycles. The molecule has 0 radical (unpaired) electrons. The number of nitrogens with zero attached hydrogens (tertiary/aromatic N) is 2. The van der Waals surface area contributed by atoms with Crippen molar-refractivity contribution < 1.29 is 32.2 Å². The molecule has 0 unspecified atom stereocenters. The first kappa shape index (κ1) is 32.3. The average Bonchev–Trinajstić information content (AvgIpc) is 3.01. The van der Waals surface area contributed by atoms with Gasteiger partial charge in [0.25, 0.3) is 10.0 Å². The minimum absolute atomic E-state index is 0.00731. The predicted octanol–water partition coefficient (Wildman–Crippen LogP) is 4.10. The third kappa shape index (κ3) is 7.94. The number of sulfonamides is 1. The van der Waals surface area contributed by atoms with Crippen molar-refractivity contribution in [2.75, 3.05) is 38.7 Å². The maximum atomic E-state index is 14.1. The Kier molecular flexibility index (Phi) is 11.2. The number of carbonyl (C=O) groups excluding carboxylic acids is 2. The fraction of sp³-hybridized carbons (Fsp3) is 0.355. The fourth-order valence-corrected chi connectivity index (χ4v) is 5.62. The lowest BCUT2D eigenvalue weighted by Gasteiger charge is -2.32. The highest BCUT2D eigenvalue weighted by Gasteiger charge is 2.34. The number of methoxy groups -OCH3 is 3. The van der Waals surface area contributed by atoms with E-state index in [1.54, 1.807) is 68.6 Å². The van der Waals surface area contributed by atoms with Crippen molar-refractivity contribution in [3.63, 3.8) is 0 Å². The highest BCUT2D eigenvalue weighted by atomic mass is 32.2. The van der Waals surface area contributed by atoms with Crippen LogP contribution in [0, 0.1) is 5.92 Å². The first-order valence-electron chi connectivity index (χ1n) is 13.5. The van der Waals surface area contributed by atoms with Crippen LogP contribution in [0.2, 0.25) is 0 Å². The second kappa shape index (κ2) is 14.6. The molecule has 10 nitrogen and oxygen atoms in total. The van der Waals surface area contributed by atoms with Crippen LogP contribution < -0.4 is 23.8 Å². The van der Waals surface area contributed by atoms with E-state index in [4.69, 9.17) is 14.2 Å². The van der Waals surface area contributed by atoms with Crippen LogP contribution in [0.3, 0.4) is 0 Å². The zero-order chi connectivity index (χ0) is 30.9. The van der Waals surface area contributed by atoms with Gasteiger partial charge >= 0.3 is 0 Å². The van der Waals surface area contributed by atoms with E-state index in [2.05, 4.69) is 5.32 Å². The molecule has 3 rings (SSSR count). The van der Waals surface area contributed by atoms with Crippen molar-refractivity contribution in [1.82, 2.24) is 10.2 Å². The zero-order valence-corrected chi connectivity index (χ0v) is 25.7. The van der Waals surface area contributed by atoms with Crippen LogP contribution in [0.25, 0.3) is 0 Å². The summed E-state index contributed by atoms with van der Waals surface area (Å²) in [5.74, 6) is 0.531. The molecule has 11 heteroatoms. The Labute approximate surface area is 248 Å². The second-order valence-corrected chi connectivity index (χ2v) is 11.9. The normalized spacial score (nSPS) is 11.9. The van der Waals surface area contributed by atoms with E-state index in [0.29, 0.717) is 18.0 Å². The third-order valence-electron chi connectivity index (χ3n) is 6.63. The van der Waals surface area contributed by atoms with Gasteiger partial charge in [-0.15, -0.1) is 0 Å². The molecule has 0 bridgehead atoms. The van der Waals surface area contributed by atoms with Crippen molar-refractivity contribution in [2.24, 2.45) is 5.92 Å². The van der Waals surface area contributed by atoms with Crippen molar-refractivity contribution in [3.8, 4) is 17.2 Å². The Morgan fingerprint density at radius 2 is 1.45 bits per heavy atom. The Morgan fingerprint density at radius 1 is 0.833 bits per heavy atom. The van der Waals surface area contributed by atoms with Crippen molar-refractivity contribution >= 4 is 27.5 Å². The fourth-order valence-electron chi connectivity index (χ4n) is 4.19. The van der Waals surface area contributed by atoms with Crippen molar-refractivity contribution in [1.29, 1.82) is 0 Å². The maximum Gasteiger partial charge on any atom is 0.264 e. The van der Waals surface area contributed by atoms with E-state index < -0.39 is 28.5 Å². The molecular weight excluding hydrogens is 558 g/mol. The standard InChI is InChI=1S/C31H39N3O7S/c1-22(2)19-32-31(36)23(3)33(20-24-12-14-25(39-4)15-13-24)30(35)21-34(42(37,38)27-10-8-7-9-11-27)28-18-26(40-5)16-17-29(28)41-6/h7-18,22-23H,19-21H2,1-6H3,(H,32,36)/t23-/m1/s1. The van der Waals surface area contributed by atoms with E-state index in [-0.39, 0.29) is 34.7 Å². The Balaban J connectivity index is 2.08. The molecule has 1 atom stereocenters. The number of anilines is 1. The van der Waals surface area contributed by atoms with E-state index >= 15 is 0 Å². The van der Waals surface area contributed by atoms with E-state index in [9.17, 15) is 18.0 Å². The first-order chi connectivity index (χ1) is 20.0. The molecule has 0 aliphatic rings. The van der Waals surface area contributed by atoms with Gasteiger partial charge in [0.1, 0.15) is 29.8 Å². The molecule has 0 spiro atoms. The van der Waals surface area contributed by atoms with Gasteiger partial charge in [0.2, 0.25) is 11.8 Å². The summed E-state index contributed by atoms with van der Waals surface area (Å²) in [6.07, 6.45) is 0. The van der Waals surface area contributed by atoms with Gasteiger partial charge < -0.3 is 24.4 Å². The van der Waals surface area contributed by atoms with Crippen LogP contribution in [0.15, 0.2) is 77.7 Å². The number of benzene rings is 3. The highest BCUT2D eigenvalue weighted by molar-refractivity contribution is 7.92. The van der Waals surface area contributed by atoms with Crippen LogP contribution in [0.4, 0.5) is 5.69 Å². The Morgan fingerprint density at radius 3 is 2.02 bits per heavy atom. The zero-order valence-electron chi connectivity index (χ0n) is 24.9. The smallest absolute Gasteiger partial charge is 0.264 e. The summed E-state index contributed by atoms with van der Waals surface area (Å²) < 4.78 is 45.2. The second-order valence-electron chi connectivity index (χ2n) is 10.0. The third-order valence-corrected chi connectivity index (χ3v) is 8.40. The van der Waals surface area contributed by atoms with Crippen LogP contribution in [0.1, 0.15) is 26.3 Å². The summed E-state index contributed by atoms with van der Waals surface area (Å²) >= 11 is 0. The average molecular weight is 598 g/mol. The van der Waals surface area contributed by atoms with E-state index in [0.717, 1.165) is 9.87 Å². The number of hydrogen-bond acceptors (Lipinski definition) is 7. The molecule has 3 aromatic carbocycles.